The maximum absolute atomic E-state index is 15.3. The van der Waals surface area contributed by atoms with Crippen LogP contribution in [-0.4, -0.2) is 54.0 Å². The van der Waals surface area contributed by atoms with Crippen LogP contribution in [0, 0.1) is 17.1 Å². The Morgan fingerprint density at radius 1 is 1.37 bits per heavy atom. The number of halogens is 1. The number of nitrogens with zero attached hydrogens (tertiary/aromatic N) is 5. The lowest BCUT2D eigenvalue weighted by molar-refractivity contribution is 0.264. The topological polar surface area (TPSA) is 110 Å². The lowest BCUT2D eigenvalue weighted by Gasteiger charge is -2.26. The van der Waals surface area contributed by atoms with Gasteiger partial charge in [0, 0.05) is 38.1 Å². The third-order valence-electron chi connectivity index (χ3n) is 6.08. The molecule has 30 heavy (non-hydrogen) atoms. The van der Waals surface area contributed by atoms with Gasteiger partial charge in [-0.1, -0.05) is 0 Å². The molecule has 1 aliphatic carbocycles. The van der Waals surface area contributed by atoms with Gasteiger partial charge in [-0.25, -0.2) is 9.18 Å². The van der Waals surface area contributed by atoms with Crippen LogP contribution in [0.1, 0.15) is 31.7 Å². The summed E-state index contributed by atoms with van der Waals surface area (Å²) in [4.78, 5) is 29.3. The van der Waals surface area contributed by atoms with Crippen molar-refractivity contribution < 1.29 is 9.13 Å². The van der Waals surface area contributed by atoms with Gasteiger partial charge in [-0.3, -0.25) is 9.36 Å². The van der Waals surface area contributed by atoms with Crippen molar-refractivity contribution in [3.05, 3.63) is 32.7 Å². The van der Waals surface area contributed by atoms with Crippen LogP contribution >= 0.6 is 0 Å². The van der Waals surface area contributed by atoms with Gasteiger partial charge in [0.05, 0.1) is 18.6 Å². The molecule has 4 rings (SSSR count). The summed E-state index contributed by atoms with van der Waals surface area (Å²) in [5.74, 6) is 5.28. The molecule has 1 atom stereocenters. The highest BCUT2D eigenvalue weighted by Gasteiger charge is 2.34. The zero-order valence-electron chi connectivity index (χ0n) is 17.1. The highest BCUT2D eigenvalue weighted by atomic mass is 19.1. The average molecular weight is 416 g/mol. The molecule has 1 aromatic heterocycles. The minimum atomic E-state index is -0.744. The molecule has 1 aromatic carbocycles. The van der Waals surface area contributed by atoms with Crippen LogP contribution < -0.4 is 26.7 Å². The molecule has 1 saturated heterocycles. The number of hydrogen-bond donors (Lipinski definition) is 1. The number of nitrogens with two attached hydrogens (primary N) is 1. The van der Waals surface area contributed by atoms with E-state index in [4.69, 9.17) is 15.8 Å². The highest BCUT2D eigenvalue weighted by Crippen LogP contribution is 2.43. The number of hydrogen-bond acceptors (Lipinski definition) is 7. The van der Waals surface area contributed by atoms with Crippen molar-refractivity contribution in [2.24, 2.45) is 0 Å². The Morgan fingerprint density at radius 2 is 2.10 bits per heavy atom. The molecule has 0 radical (unpaired) electrons. The van der Waals surface area contributed by atoms with Gasteiger partial charge in [0.2, 0.25) is 0 Å². The van der Waals surface area contributed by atoms with E-state index in [1.807, 2.05) is 11.9 Å². The van der Waals surface area contributed by atoms with E-state index in [0.717, 1.165) is 25.3 Å². The largest absolute Gasteiger partial charge is 0.492 e. The van der Waals surface area contributed by atoms with Crippen LogP contribution in [0.4, 0.5) is 10.1 Å². The molecule has 9 nitrogen and oxygen atoms in total. The molecule has 160 valence electrons. The minimum absolute atomic E-state index is 0.0315. The Labute approximate surface area is 172 Å². The van der Waals surface area contributed by atoms with E-state index in [1.165, 1.54) is 11.7 Å². The summed E-state index contributed by atoms with van der Waals surface area (Å²) < 4.78 is 22.9. The van der Waals surface area contributed by atoms with Crippen LogP contribution in [0.25, 0.3) is 10.9 Å². The number of nitrogen functional groups attached to an aromatic ring is 1. The number of nitriles is 1. The van der Waals surface area contributed by atoms with E-state index < -0.39 is 17.1 Å². The number of rotatable bonds is 6. The Kier molecular flexibility index (Phi) is 5.15. The van der Waals surface area contributed by atoms with Gasteiger partial charge >= 0.3 is 5.69 Å². The smallest absolute Gasteiger partial charge is 0.350 e. The van der Waals surface area contributed by atoms with Gasteiger partial charge in [0.15, 0.2) is 11.6 Å². The number of anilines is 1. The van der Waals surface area contributed by atoms with Crippen LogP contribution in [0.5, 0.6) is 5.75 Å². The normalized spacial score (nSPS) is 18.9. The van der Waals surface area contributed by atoms with Gasteiger partial charge in [0.25, 0.3) is 5.56 Å². The molecule has 2 aliphatic rings. The van der Waals surface area contributed by atoms with Crippen molar-refractivity contribution in [3.63, 3.8) is 0 Å². The van der Waals surface area contributed by atoms with E-state index in [0.29, 0.717) is 36.2 Å². The van der Waals surface area contributed by atoms with Crippen molar-refractivity contribution in [2.75, 3.05) is 44.5 Å². The van der Waals surface area contributed by atoms with E-state index in [9.17, 15) is 9.59 Å². The second-order valence-electron chi connectivity index (χ2n) is 7.97. The summed E-state index contributed by atoms with van der Waals surface area (Å²) in [6.45, 7) is 1.80. The van der Waals surface area contributed by atoms with Crippen molar-refractivity contribution in [2.45, 2.75) is 37.8 Å². The fourth-order valence-electron chi connectivity index (χ4n) is 4.31. The first kappa shape index (κ1) is 20.2. The number of fused-ring (bicyclic) bond motifs is 1. The predicted octanol–water partition coefficient (Wildman–Crippen LogP) is 0.784. The highest BCUT2D eigenvalue weighted by molar-refractivity contribution is 5.91. The molecular formula is C20H25FN6O3. The van der Waals surface area contributed by atoms with Crippen LogP contribution in [0.3, 0.4) is 0 Å². The standard InChI is InChI=1S/C20H25FN6O3/c1-24(8-3-7-22)13-6-9-25(11-13)17-15(21)10-14-16(18(17)30-2)26(12-4-5-12)20(29)27(23)19(14)28/h10,12-13H,3-6,8-9,11,23H2,1-2H3. The van der Waals surface area contributed by atoms with Gasteiger partial charge in [-0.05, 0) is 32.4 Å². The van der Waals surface area contributed by atoms with E-state index >= 15 is 4.39 Å². The van der Waals surface area contributed by atoms with E-state index in [-0.39, 0.29) is 28.9 Å². The average Bonchev–Trinajstić information content (AvgIpc) is 3.45. The third-order valence-corrected chi connectivity index (χ3v) is 6.08. The summed E-state index contributed by atoms with van der Waals surface area (Å²) in [5, 5.41) is 8.85. The zero-order valence-corrected chi connectivity index (χ0v) is 17.1. The molecular weight excluding hydrogens is 391 g/mol. The Balaban J connectivity index is 1.84. The molecule has 1 saturated carbocycles. The number of likely N-dealkylation sites (N-methyl/N-ethyl adjacent to an activating group) is 1. The fourth-order valence-corrected chi connectivity index (χ4v) is 4.31. The van der Waals surface area contributed by atoms with Crippen LogP contribution in [0.2, 0.25) is 0 Å². The maximum atomic E-state index is 15.3. The van der Waals surface area contributed by atoms with Crippen LogP contribution in [0.15, 0.2) is 15.7 Å². The minimum Gasteiger partial charge on any atom is -0.492 e. The van der Waals surface area contributed by atoms with Crippen LogP contribution in [-0.2, 0) is 0 Å². The first-order valence-electron chi connectivity index (χ1n) is 10.0. The number of ether oxygens (including phenoxy) is 1. The zero-order chi connectivity index (χ0) is 21.6. The Hall–Kier alpha value is -3.06. The molecule has 2 N–H and O–H groups in total. The monoisotopic (exact) mass is 416 g/mol. The second-order valence-corrected chi connectivity index (χ2v) is 7.97. The van der Waals surface area contributed by atoms with E-state index in [1.54, 1.807) is 0 Å². The first-order chi connectivity index (χ1) is 14.4. The summed E-state index contributed by atoms with van der Waals surface area (Å²) in [6, 6.07) is 3.39. The van der Waals surface area contributed by atoms with Crippen molar-refractivity contribution in [3.8, 4) is 11.8 Å². The molecule has 2 aromatic rings. The molecule has 1 unspecified atom stereocenters. The molecule has 2 heterocycles. The maximum Gasteiger partial charge on any atom is 0.350 e. The second kappa shape index (κ2) is 7.65. The Morgan fingerprint density at radius 3 is 2.73 bits per heavy atom. The summed E-state index contributed by atoms with van der Waals surface area (Å²) in [7, 11) is 3.37. The van der Waals surface area contributed by atoms with Crippen molar-refractivity contribution in [1.82, 2.24) is 14.1 Å². The van der Waals surface area contributed by atoms with Gasteiger partial charge < -0.3 is 20.4 Å². The van der Waals surface area contributed by atoms with Crippen molar-refractivity contribution >= 4 is 16.6 Å². The van der Waals surface area contributed by atoms with Gasteiger partial charge in [0.1, 0.15) is 11.2 Å². The fraction of sp³-hybridized carbons (Fsp3) is 0.550. The third kappa shape index (κ3) is 3.19. The molecule has 10 heteroatoms. The van der Waals surface area contributed by atoms with Crippen molar-refractivity contribution in [1.29, 1.82) is 5.26 Å². The molecule has 1 aliphatic heterocycles. The van der Waals surface area contributed by atoms with Gasteiger partial charge in [-0.2, -0.15) is 9.94 Å². The number of aromatic nitrogens is 2. The quantitative estimate of drug-likeness (QED) is 0.693. The van der Waals surface area contributed by atoms with E-state index in [2.05, 4.69) is 11.0 Å². The predicted molar refractivity (Wildman–Crippen MR) is 111 cm³/mol. The first-order valence-corrected chi connectivity index (χ1v) is 10.0. The molecule has 0 bridgehead atoms. The molecule has 0 amide bonds. The lowest BCUT2D eigenvalue weighted by atomic mass is 10.1. The summed E-state index contributed by atoms with van der Waals surface area (Å²) in [5.41, 5.74) is -0.814. The van der Waals surface area contributed by atoms with Gasteiger partial charge in [-0.15, -0.1) is 0 Å². The number of benzene rings is 1. The molecule has 2 fully saturated rings. The summed E-state index contributed by atoms with van der Waals surface area (Å²) in [6.07, 6.45) is 2.82. The lowest BCUT2D eigenvalue weighted by Crippen LogP contribution is -2.44. The SMILES string of the molecule is COc1c(N2CCC(N(C)CCC#N)C2)c(F)cc2c(=O)n(N)c(=O)n(C3CC3)c12. The number of methoxy groups -OCH3 is 1. The summed E-state index contributed by atoms with van der Waals surface area (Å²) >= 11 is 0. The Bertz CT molecular complexity index is 1150. The molecule has 0 spiro atoms.